The van der Waals surface area contributed by atoms with Crippen molar-refractivity contribution in [1.29, 1.82) is 5.26 Å². The first kappa shape index (κ1) is 14.3. The van der Waals surface area contributed by atoms with Crippen molar-refractivity contribution in [2.45, 2.75) is 19.3 Å². The van der Waals surface area contributed by atoms with Crippen molar-refractivity contribution >= 4 is 17.4 Å². The third kappa shape index (κ3) is 2.73. The van der Waals surface area contributed by atoms with Crippen LogP contribution < -0.4 is 0 Å². The molecule has 0 aliphatic heterocycles. The molecule has 1 unspecified atom stereocenters. The summed E-state index contributed by atoms with van der Waals surface area (Å²) in [7, 11) is 1.76. The van der Waals surface area contributed by atoms with Gasteiger partial charge in [-0.15, -0.1) is 0 Å². The number of rotatable bonds is 4. The smallest absolute Gasteiger partial charge is 0.187 e. The van der Waals surface area contributed by atoms with Gasteiger partial charge in [0.25, 0.3) is 0 Å². The summed E-state index contributed by atoms with van der Waals surface area (Å²) in [5.41, 5.74) is 1.87. The van der Waals surface area contributed by atoms with E-state index in [9.17, 15) is 10.1 Å². The van der Waals surface area contributed by atoms with Gasteiger partial charge in [-0.1, -0.05) is 30.7 Å². The normalized spacial score (nSPS) is 11.9. The topological polar surface area (TPSA) is 58.7 Å². The van der Waals surface area contributed by atoms with E-state index in [-0.39, 0.29) is 5.78 Å². The maximum Gasteiger partial charge on any atom is 0.187 e. The van der Waals surface area contributed by atoms with Crippen molar-refractivity contribution in [3.63, 3.8) is 0 Å². The van der Waals surface area contributed by atoms with E-state index in [1.165, 1.54) is 0 Å². The van der Waals surface area contributed by atoms with Gasteiger partial charge in [0.1, 0.15) is 5.92 Å². The van der Waals surface area contributed by atoms with Gasteiger partial charge in [-0.2, -0.15) is 10.4 Å². The van der Waals surface area contributed by atoms with Gasteiger partial charge in [0.2, 0.25) is 0 Å². The van der Waals surface area contributed by atoms with Crippen LogP contribution in [-0.2, 0) is 13.5 Å². The summed E-state index contributed by atoms with van der Waals surface area (Å²) < 4.78 is 1.60. The zero-order valence-electron chi connectivity index (χ0n) is 11.3. The lowest BCUT2D eigenvalue weighted by Crippen LogP contribution is -2.12. The van der Waals surface area contributed by atoms with Crippen molar-refractivity contribution in [2.75, 3.05) is 0 Å². The number of aromatic nitrogens is 2. The van der Waals surface area contributed by atoms with Crippen LogP contribution in [0.5, 0.6) is 0 Å². The highest BCUT2D eigenvalue weighted by atomic mass is 35.5. The Labute approximate surface area is 122 Å². The number of nitrogens with zero attached hydrogens (tertiary/aromatic N) is 3. The lowest BCUT2D eigenvalue weighted by atomic mass is 9.92. The van der Waals surface area contributed by atoms with Gasteiger partial charge in [0.15, 0.2) is 5.78 Å². The minimum absolute atomic E-state index is 0.222. The predicted molar refractivity (Wildman–Crippen MR) is 76.7 cm³/mol. The van der Waals surface area contributed by atoms with E-state index in [0.29, 0.717) is 28.3 Å². The van der Waals surface area contributed by atoms with Gasteiger partial charge in [-0.3, -0.25) is 9.48 Å². The van der Waals surface area contributed by atoms with Crippen molar-refractivity contribution < 1.29 is 4.79 Å². The van der Waals surface area contributed by atoms with Gasteiger partial charge < -0.3 is 0 Å². The Morgan fingerprint density at radius 3 is 2.65 bits per heavy atom. The van der Waals surface area contributed by atoms with E-state index in [1.54, 1.807) is 42.2 Å². The molecular weight excluding hydrogens is 274 g/mol. The van der Waals surface area contributed by atoms with Crippen LogP contribution in [0.15, 0.2) is 30.5 Å². The number of aryl methyl sites for hydroxylation is 2. The van der Waals surface area contributed by atoms with Gasteiger partial charge in [0.05, 0.1) is 17.3 Å². The zero-order chi connectivity index (χ0) is 14.7. The van der Waals surface area contributed by atoms with Crippen molar-refractivity contribution in [2.24, 2.45) is 7.05 Å². The molecule has 0 aliphatic rings. The number of nitriles is 1. The fourth-order valence-electron chi connectivity index (χ4n) is 2.10. The van der Waals surface area contributed by atoms with E-state index >= 15 is 0 Å². The number of Topliss-reactive ketones (excluding diaryl/α,β-unsaturated/α-hetero) is 1. The van der Waals surface area contributed by atoms with Gasteiger partial charge in [0, 0.05) is 18.3 Å². The van der Waals surface area contributed by atoms with Crippen molar-refractivity contribution in [3.05, 3.63) is 52.3 Å². The molecule has 2 rings (SSSR count). The van der Waals surface area contributed by atoms with Crippen LogP contribution in [-0.4, -0.2) is 15.6 Å². The Bertz CT molecular complexity index is 667. The van der Waals surface area contributed by atoms with Crippen LogP contribution in [0, 0.1) is 11.3 Å². The van der Waals surface area contributed by atoms with Crippen LogP contribution in [0.25, 0.3) is 0 Å². The van der Waals surface area contributed by atoms with E-state index in [0.717, 1.165) is 0 Å². The molecule has 0 saturated carbocycles. The molecule has 0 aliphatic carbocycles. The number of benzene rings is 1. The zero-order valence-corrected chi connectivity index (χ0v) is 12.1. The van der Waals surface area contributed by atoms with Crippen LogP contribution in [0.2, 0.25) is 5.02 Å². The average Bonchev–Trinajstić information content (AvgIpc) is 2.82. The maximum absolute atomic E-state index is 12.5. The van der Waals surface area contributed by atoms with Gasteiger partial charge in [-0.25, -0.2) is 0 Å². The Morgan fingerprint density at radius 1 is 1.45 bits per heavy atom. The van der Waals surface area contributed by atoms with E-state index in [1.807, 2.05) is 6.92 Å². The van der Waals surface area contributed by atoms with Gasteiger partial charge in [-0.05, 0) is 24.1 Å². The second kappa shape index (κ2) is 5.89. The van der Waals surface area contributed by atoms with Crippen LogP contribution in [0.4, 0.5) is 0 Å². The third-order valence-corrected chi connectivity index (χ3v) is 3.35. The molecule has 1 aromatic carbocycles. The van der Waals surface area contributed by atoms with Crippen molar-refractivity contribution in [3.8, 4) is 6.07 Å². The van der Waals surface area contributed by atoms with E-state index in [2.05, 4.69) is 11.2 Å². The summed E-state index contributed by atoms with van der Waals surface area (Å²) in [5, 5.41) is 14.1. The van der Waals surface area contributed by atoms with Crippen LogP contribution in [0.1, 0.15) is 34.5 Å². The standard InChI is InChI=1S/C15H14ClN3O/c1-3-14-13(9-19(2)18-14)15(20)12(8-17)10-4-6-11(16)7-5-10/h4-7,9,12H,3H2,1-2H3. The average molecular weight is 288 g/mol. The number of carbonyl (C=O) groups is 1. The SMILES string of the molecule is CCc1nn(C)cc1C(=O)C(C#N)c1ccc(Cl)cc1. The summed E-state index contributed by atoms with van der Waals surface area (Å²) in [6, 6.07) is 8.83. The number of ketones is 1. The molecule has 0 fully saturated rings. The highest BCUT2D eigenvalue weighted by Crippen LogP contribution is 2.23. The minimum Gasteiger partial charge on any atom is -0.292 e. The summed E-state index contributed by atoms with van der Waals surface area (Å²) in [6.07, 6.45) is 2.32. The lowest BCUT2D eigenvalue weighted by molar-refractivity contribution is 0.0978. The molecule has 102 valence electrons. The Morgan fingerprint density at radius 2 is 2.10 bits per heavy atom. The number of carbonyl (C=O) groups excluding carboxylic acids is 1. The van der Waals surface area contributed by atoms with Gasteiger partial charge >= 0.3 is 0 Å². The molecule has 2 aromatic rings. The summed E-state index contributed by atoms with van der Waals surface area (Å²) >= 11 is 5.83. The number of halogens is 1. The first-order chi connectivity index (χ1) is 9.56. The van der Waals surface area contributed by atoms with E-state index < -0.39 is 5.92 Å². The molecule has 1 atom stereocenters. The highest BCUT2D eigenvalue weighted by molar-refractivity contribution is 6.30. The molecule has 0 bridgehead atoms. The highest BCUT2D eigenvalue weighted by Gasteiger charge is 2.25. The largest absolute Gasteiger partial charge is 0.292 e. The first-order valence-electron chi connectivity index (χ1n) is 6.28. The Balaban J connectivity index is 2.39. The molecule has 1 aromatic heterocycles. The third-order valence-electron chi connectivity index (χ3n) is 3.10. The van der Waals surface area contributed by atoms with E-state index in [4.69, 9.17) is 11.6 Å². The first-order valence-corrected chi connectivity index (χ1v) is 6.66. The minimum atomic E-state index is -0.832. The second-order valence-electron chi connectivity index (χ2n) is 4.49. The fraction of sp³-hybridized carbons (Fsp3) is 0.267. The monoisotopic (exact) mass is 287 g/mol. The predicted octanol–water partition coefficient (Wildman–Crippen LogP) is 3.13. The molecule has 0 radical (unpaired) electrons. The van der Waals surface area contributed by atoms with Crippen molar-refractivity contribution in [1.82, 2.24) is 9.78 Å². The fourth-order valence-corrected chi connectivity index (χ4v) is 2.22. The van der Waals surface area contributed by atoms with Crippen LogP contribution >= 0.6 is 11.6 Å². The molecular formula is C15H14ClN3O. The maximum atomic E-state index is 12.5. The molecule has 0 spiro atoms. The quantitative estimate of drug-likeness (QED) is 0.812. The lowest BCUT2D eigenvalue weighted by Gasteiger charge is -2.08. The molecule has 0 N–H and O–H groups in total. The Kier molecular flexibility index (Phi) is 4.21. The summed E-state index contributed by atoms with van der Waals surface area (Å²) in [5.74, 6) is -1.05. The second-order valence-corrected chi connectivity index (χ2v) is 4.93. The summed E-state index contributed by atoms with van der Waals surface area (Å²) in [4.78, 5) is 12.5. The molecule has 4 nitrogen and oxygen atoms in total. The molecule has 1 heterocycles. The summed E-state index contributed by atoms with van der Waals surface area (Å²) in [6.45, 7) is 1.93. The number of hydrogen-bond donors (Lipinski definition) is 0. The Hall–Kier alpha value is -2.12. The molecule has 5 heteroatoms. The number of hydrogen-bond acceptors (Lipinski definition) is 3. The molecule has 0 saturated heterocycles. The molecule has 0 amide bonds. The van der Waals surface area contributed by atoms with Crippen LogP contribution in [0.3, 0.4) is 0 Å². The molecule has 20 heavy (non-hydrogen) atoms.